The van der Waals surface area contributed by atoms with Gasteiger partial charge >= 0.3 is 0 Å². The fourth-order valence-electron chi connectivity index (χ4n) is 5.19. The molecule has 1 amide bonds. The first-order valence-corrected chi connectivity index (χ1v) is 11.6. The molecule has 2 aliphatic rings. The Morgan fingerprint density at radius 3 is 2.50 bits per heavy atom. The van der Waals surface area contributed by atoms with E-state index in [1.54, 1.807) is 12.1 Å². The Labute approximate surface area is 188 Å². The number of hydrogen-bond acceptors (Lipinski definition) is 3. The molecule has 0 unspecified atom stereocenters. The lowest BCUT2D eigenvalue weighted by molar-refractivity contribution is -0.121. The number of hydrogen-bond donors (Lipinski definition) is 1. The minimum absolute atomic E-state index is 0.00714. The van der Waals surface area contributed by atoms with E-state index in [1.807, 2.05) is 12.1 Å². The van der Waals surface area contributed by atoms with E-state index in [2.05, 4.69) is 33.1 Å². The van der Waals surface area contributed by atoms with Crippen molar-refractivity contribution in [2.24, 2.45) is 0 Å². The summed E-state index contributed by atoms with van der Waals surface area (Å²) in [5, 5.41) is 4.28. The minimum Gasteiger partial charge on any atom is -0.379 e. The Balaban J connectivity index is 1.31. The largest absolute Gasteiger partial charge is 0.379 e. The minimum atomic E-state index is -0.577. The summed E-state index contributed by atoms with van der Waals surface area (Å²) in [5.74, 6) is -0.265. The predicted molar refractivity (Wildman–Crippen MR) is 124 cm³/mol. The van der Waals surface area contributed by atoms with Crippen LogP contribution in [-0.2, 0) is 21.5 Å². The molecule has 5 rings (SSSR count). The molecule has 6 heteroatoms. The summed E-state index contributed by atoms with van der Waals surface area (Å²) in [6.07, 6.45) is 5.73. The smallest absolute Gasteiger partial charge is 0.235 e. The number of carbonyl (C=O) groups is 1. The molecule has 1 saturated carbocycles. The number of morpholine rings is 1. The summed E-state index contributed by atoms with van der Waals surface area (Å²) in [5.41, 5.74) is 2.31. The van der Waals surface area contributed by atoms with Crippen LogP contribution in [0.4, 0.5) is 10.1 Å². The van der Waals surface area contributed by atoms with Crippen molar-refractivity contribution in [3.8, 4) is 0 Å². The second-order valence-corrected chi connectivity index (χ2v) is 8.99. The van der Waals surface area contributed by atoms with E-state index >= 15 is 0 Å². The van der Waals surface area contributed by atoms with Crippen molar-refractivity contribution in [1.29, 1.82) is 0 Å². The molecule has 1 aliphatic heterocycles. The van der Waals surface area contributed by atoms with Crippen LogP contribution in [0.15, 0.2) is 54.7 Å². The molecule has 168 valence electrons. The van der Waals surface area contributed by atoms with Crippen LogP contribution in [0.2, 0.25) is 0 Å². The Kier molecular flexibility index (Phi) is 5.98. The number of benzene rings is 2. The van der Waals surface area contributed by atoms with E-state index in [-0.39, 0.29) is 11.7 Å². The highest BCUT2D eigenvalue weighted by atomic mass is 19.1. The number of anilines is 1. The van der Waals surface area contributed by atoms with Gasteiger partial charge in [0, 0.05) is 49.0 Å². The topological polar surface area (TPSA) is 46.5 Å². The van der Waals surface area contributed by atoms with Crippen molar-refractivity contribution < 1.29 is 13.9 Å². The molecule has 1 saturated heterocycles. The lowest BCUT2D eigenvalue weighted by atomic mass is 9.78. The van der Waals surface area contributed by atoms with E-state index in [0.717, 1.165) is 81.7 Å². The molecule has 1 aliphatic carbocycles. The third-order valence-corrected chi connectivity index (χ3v) is 7.08. The summed E-state index contributed by atoms with van der Waals surface area (Å²) in [6.45, 7) is 5.55. The van der Waals surface area contributed by atoms with Crippen molar-refractivity contribution in [1.82, 2.24) is 9.47 Å². The number of nitrogens with zero attached hydrogens (tertiary/aromatic N) is 2. The number of ether oxygens (including phenoxy) is 1. The number of nitrogens with one attached hydrogen (secondary N) is 1. The Hall–Kier alpha value is -2.70. The Morgan fingerprint density at radius 1 is 1.00 bits per heavy atom. The molecule has 1 N–H and O–H groups in total. The van der Waals surface area contributed by atoms with Gasteiger partial charge in [-0.15, -0.1) is 0 Å². The standard InChI is InChI=1S/C26H30FN3O2/c27-22-5-3-21(4-6-22)26(10-1-2-11-26)25(31)28-23-7-8-24-20(19-23)9-12-30(24)14-13-29-15-17-32-18-16-29/h3-9,12,19H,1-2,10-11,13-18H2,(H,28,31). The van der Waals surface area contributed by atoms with Gasteiger partial charge < -0.3 is 14.6 Å². The Morgan fingerprint density at radius 2 is 1.75 bits per heavy atom. The van der Waals surface area contributed by atoms with Crippen LogP contribution < -0.4 is 5.32 Å². The molecule has 32 heavy (non-hydrogen) atoms. The van der Waals surface area contributed by atoms with Gasteiger partial charge in [-0.2, -0.15) is 0 Å². The van der Waals surface area contributed by atoms with Gasteiger partial charge in [-0.05, 0) is 54.8 Å². The van der Waals surface area contributed by atoms with Crippen LogP contribution in [0, 0.1) is 5.82 Å². The van der Waals surface area contributed by atoms with Gasteiger partial charge in [0.15, 0.2) is 0 Å². The first-order chi connectivity index (χ1) is 15.6. The number of aromatic nitrogens is 1. The number of fused-ring (bicyclic) bond motifs is 1. The van der Waals surface area contributed by atoms with Crippen LogP contribution in [0.5, 0.6) is 0 Å². The maximum absolute atomic E-state index is 13.4. The molecule has 5 nitrogen and oxygen atoms in total. The fraction of sp³-hybridized carbons (Fsp3) is 0.423. The van der Waals surface area contributed by atoms with Crippen molar-refractivity contribution in [2.75, 3.05) is 38.2 Å². The lowest BCUT2D eigenvalue weighted by Crippen LogP contribution is -2.38. The molecular formula is C26H30FN3O2. The van der Waals surface area contributed by atoms with Gasteiger partial charge in [-0.25, -0.2) is 4.39 Å². The van der Waals surface area contributed by atoms with Crippen LogP contribution in [0.1, 0.15) is 31.2 Å². The predicted octanol–water partition coefficient (Wildman–Crippen LogP) is 4.56. The van der Waals surface area contributed by atoms with Gasteiger partial charge in [0.2, 0.25) is 5.91 Å². The summed E-state index contributed by atoms with van der Waals surface area (Å²) in [4.78, 5) is 15.8. The normalized spacial score (nSPS) is 18.8. The summed E-state index contributed by atoms with van der Waals surface area (Å²) < 4.78 is 21.1. The highest BCUT2D eigenvalue weighted by molar-refractivity contribution is 6.00. The zero-order chi connectivity index (χ0) is 22.0. The zero-order valence-electron chi connectivity index (χ0n) is 18.4. The van der Waals surface area contributed by atoms with Crippen molar-refractivity contribution in [2.45, 2.75) is 37.6 Å². The number of halogens is 1. The molecule has 2 aromatic carbocycles. The maximum atomic E-state index is 13.4. The van der Waals surface area contributed by atoms with Gasteiger partial charge in [0.25, 0.3) is 0 Å². The van der Waals surface area contributed by atoms with Gasteiger partial charge in [0.1, 0.15) is 5.82 Å². The third-order valence-electron chi connectivity index (χ3n) is 7.08. The van der Waals surface area contributed by atoms with Crippen LogP contribution >= 0.6 is 0 Å². The molecule has 0 bridgehead atoms. The van der Waals surface area contributed by atoms with Gasteiger partial charge in [-0.1, -0.05) is 25.0 Å². The first kappa shape index (κ1) is 21.2. The molecule has 3 aromatic rings. The molecule has 0 spiro atoms. The van der Waals surface area contributed by atoms with E-state index < -0.39 is 5.41 Å². The molecule has 2 fully saturated rings. The van der Waals surface area contributed by atoms with E-state index in [4.69, 9.17) is 4.74 Å². The number of rotatable bonds is 6. The monoisotopic (exact) mass is 435 g/mol. The van der Waals surface area contributed by atoms with Crippen LogP contribution in [0.3, 0.4) is 0 Å². The van der Waals surface area contributed by atoms with E-state index in [0.29, 0.717) is 0 Å². The average Bonchev–Trinajstić information content (AvgIpc) is 3.47. The summed E-state index contributed by atoms with van der Waals surface area (Å²) in [6, 6.07) is 14.7. The second-order valence-electron chi connectivity index (χ2n) is 8.99. The summed E-state index contributed by atoms with van der Waals surface area (Å²) in [7, 11) is 0. The SMILES string of the molecule is O=C(Nc1ccc2c(ccn2CCN2CCOCC2)c1)C1(c2ccc(F)cc2)CCCC1. The maximum Gasteiger partial charge on any atom is 0.235 e. The molecule has 1 aromatic heterocycles. The summed E-state index contributed by atoms with van der Waals surface area (Å²) >= 11 is 0. The fourth-order valence-corrected chi connectivity index (χ4v) is 5.19. The molecule has 0 radical (unpaired) electrons. The first-order valence-electron chi connectivity index (χ1n) is 11.6. The highest BCUT2D eigenvalue weighted by Crippen LogP contribution is 2.42. The van der Waals surface area contributed by atoms with Crippen LogP contribution in [-0.4, -0.2) is 48.2 Å². The van der Waals surface area contributed by atoms with Gasteiger partial charge in [0.05, 0.1) is 18.6 Å². The lowest BCUT2D eigenvalue weighted by Gasteiger charge is -2.28. The van der Waals surface area contributed by atoms with Crippen molar-refractivity contribution in [3.05, 3.63) is 66.1 Å². The quantitative estimate of drug-likeness (QED) is 0.617. The van der Waals surface area contributed by atoms with Crippen molar-refractivity contribution in [3.63, 3.8) is 0 Å². The van der Waals surface area contributed by atoms with E-state index in [1.165, 1.54) is 17.6 Å². The second kappa shape index (κ2) is 9.04. The van der Waals surface area contributed by atoms with Crippen LogP contribution in [0.25, 0.3) is 10.9 Å². The van der Waals surface area contributed by atoms with Gasteiger partial charge in [-0.3, -0.25) is 9.69 Å². The number of carbonyl (C=O) groups excluding carboxylic acids is 1. The molecular weight excluding hydrogens is 405 g/mol. The number of amides is 1. The van der Waals surface area contributed by atoms with Crippen molar-refractivity contribution >= 4 is 22.5 Å². The highest BCUT2D eigenvalue weighted by Gasteiger charge is 2.42. The van der Waals surface area contributed by atoms with E-state index in [9.17, 15) is 9.18 Å². The Bertz CT molecular complexity index is 1080. The molecule has 0 atom stereocenters. The third kappa shape index (κ3) is 4.17. The average molecular weight is 436 g/mol. The zero-order valence-corrected chi connectivity index (χ0v) is 18.4. The molecule has 2 heterocycles.